The van der Waals surface area contributed by atoms with Crippen LogP contribution in [-0.4, -0.2) is 21.2 Å². The van der Waals surface area contributed by atoms with Crippen LogP contribution in [0.5, 0.6) is 5.75 Å². The Morgan fingerprint density at radius 2 is 1.91 bits per heavy atom. The van der Waals surface area contributed by atoms with Crippen molar-refractivity contribution in [1.82, 2.24) is 4.90 Å². The predicted octanol–water partition coefficient (Wildman–Crippen LogP) is 4.39. The fourth-order valence-electron chi connectivity index (χ4n) is 2.22. The van der Waals surface area contributed by atoms with Gasteiger partial charge in [0.05, 0.1) is 11.4 Å². The van der Waals surface area contributed by atoms with E-state index in [1.165, 1.54) is 4.90 Å². The lowest BCUT2D eigenvalue weighted by Gasteiger charge is -2.12. The van der Waals surface area contributed by atoms with Gasteiger partial charge in [0.15, 0.2) is 0 Å². The van der Waals surface area contributed by atoms with Crippen LogP contribution in [0.1, 0.15) is 11.1 Å². The predicted molar refractivity (Wildman–Crippen MR) is 93.8 cm³/mol. The van der Waals surface area contributed by atoms with E-state index in [4.69, 9.17) is 0 Å². The minimum atomic E-state index is -0.316. The number of phenols is 1. The zero-order chi connectivity index (χ0) is 16.4. The smallest absolute Gasteiger partial charge is 0.293 e. The van der Waals surface area contributed by atoms with Crippen LogP contribution in [0.25, 0.3) is 6.08 Å². The highest BCUT2D eigenvalue weighted by molar-refractivity contribution is 9.10. The molecule has 2 aromatic rings. The number of benzene rings is 2. The van der Waals surface area contributed by atoms with E-state index in [-0.39, 0.29) is 23.4 Å². The van der Waals surface area contributed by atoms with Crippen LogP contribution in [0.15, 0.2) is 57.9 Å². The van der Waals surface area contributed by atoms with Gasteiger partial charge < -0.3 is 5.11 Å². The molecule has 0 aromatic heterocycles. The van der Waals surface area contributed by atoms with Gasteiger partial charge in [-0.2, -0.15) is 0 Å². The van der Waals surface area contributed by atoms with Crippen molar-refractivity contribution in [2.75, 3.05) is 0 Å². The second kappa shape index (κ2) is 6.60. The largest absolute Gasteiger partial charge is 0.508 e. The highest BCUT2D eigenvalue weighted by Gasteiger charge is 2.34. The van der Waals surface area contributed by atoms with Crippen LogP contribution in [0.2, 0.25) is 0 Å². The quantitative estimate of drug-likeness (QED) is 0.790. The Morgan fingerprint density at radius 3 is 2.65 bits per heavy atom. The number of amides is 2. The Balaban J connectivity index is 1.82. The average Bonchev–Trinajstić information content (AvgIpc) is 2.75. The number of carbonyl (C=O) groups is 2. The van der Waals surface area contributed by atoms with Gasteiger partial charge in [0.2, 0.25) is 0 Å². The van der Waals surface area contributed by atoms with E-state index in [1.807, 2.05) is 24.3 Å². The van der Waals surface area contributed by atoms with Gasteiger partial charge in [0.1, 0.15) is 5.75 Å². The van der Waals surface area contributed by atoms with Gasteiger partial charge in [-0.3, -0.25) is 14.5 Å². The van der Waals surface area contributed by atoms with Crippen LogP contribution in [0.3, 0.4) is 0 Å². The third-order valence-corrected chi connectivity index (χ3v) is 4.67. The normalized spacial score (nSPS) is 16.4. The molecule has 0 radical (unpaired) electrons. The first-order valence-electron chi connectivity index (χ1n) is 6.82. The van der Waals surface area contributed by atoms with E-state index >= 15 is 0 Å². The van der Waals surface area contributed by atoms with Crippen LogP contribution in [0.4, 0.5) is 4.79 Å². The number of carbonyl (C=O) groups excluding carboxylic acids is 2. The molecule has 6 heteroatoms. The lowest BCUT2D eigenvalue weighted by Crippen LogP contribution is -2.27. The summed E-state index contributed by atoms with van der Waals surface area (Å²) in [5, 5.41) is 9.18. The molecule has 1 aliphatic rings. The van der Waals surface area contributed by atoms with Crippen molar-refractivity contribution in [3.8, 4) is 5.75 Å². The van der Waals surface area contributed by atoms with Crippen molar-refractivity contribution in [3.05, 3.63) is 69.0 Å². The summed E-state index contributed by atoms with van der Waals surface area (Å²) in [5.41, 5.74) is 1.55. The van der Waals surface area contributed by atoms with Gasteiger partial charge in [-0.05, 0) is 53.2 Å². The number of phenolic OH excluding ortho intramolecular Hbond substituents is 1. The van der Waals surface area contributed by atoms with Gasteiger partial charge in [-0.15, -0.1) is 0 Å². The summed E-state index contributed by atoms with van der Waals surface area (Å²) >= 11 is 4.29. The van der Waals surface area contributed by atoms with Crippen LogP contribution < -0.4 is 0 Å². The Hall–Kier alpha value is -2.05. The lowest BCUT2D eigenvalue weighted by atomic mass is 10.2. The number of imide groups is 1. The topological polar surface area (TPSA) is 57.6 Å². The molecule has 2 aromatic carbocycles. The first-order valence-corrected chi connectivity index (χ1v) is 8.43. The maximum atomic E-state index is 12.4. The fourth-order valence-corrected chi connectivity index (χ4v) is 3.51. The Bertz CT molecular complexity index is 819. The summed E-state index contributed by atoms with van der Waals surface area (Å²) in [7, 11) is 0. The molecule has 0 aliphatic carbocycles. The second-order valence-corrected chi connectivity index (χ2v) is 6.90. The zero-order valence-corrected chi connectivity index (χ0v) is 14.3. The van der Waals surface area contributed by atoms with Gasteiger partial charge in [-0.1, -0.05) is 40.2 Å². The van der Waals surface area contributed by atoms with E-state index in [0.29, 0.717) is 10.5 Å². The molecule has 0 atom stereocenters. The molecule has 116 valence electrons. The summed E-state index contributed by atoms with van der Waals surface area (Å²) in [4.78, 5) is 26.1. The monoisotopic (exact) mass is 389 g/mol. The second-order valence-electron chi connectivity index (χ2n) is 4.99. The molecule has 3 rings (SSSR count). The maximum Gasteiger partial charge on any atom is 0.293 e. The lowest BCUT2D eigenvalue weighted by molar-refractivity contribution is -0.123. The number of thioether (sulfide) groups is 1. The van der Waals surface area contributed by atoms with Gasteiger partial charge in [0, 0.05) is 4.47 Å². The van der Waals surface area contributed by atoms with Crippen molar-refractivity contribution < 1.29 is 14.7 Å². The molecular formula is C17H12BrNO3S. The van der Waals surface area contributed by atoms with Crippen LogP contribution in [0, 0.1) is 0 Å². The van der Waals surface area contributed by atoms with Crippen molar-refractivity contribution in [2.45, 2.75) is 6.54 Å². The van der Waals surface area contributed by atoms with Gasteiger partial charge in [0.25, 0.3) is 11.1 Å². The maximum absolute atomic E-state index is 12.4. The SMILES string of the molecule is O=C1SC(=Cc2cccc(O)c2)C(=O)N1Cc1cccc(Br)c1. The number of rotatable bonds is 3. The highest BCUT2D eigenvalue weighted by Crippen LogP contribution is 2.33. The Kier molecular flexibility index (Phi) is 4.54. The fraction of sp³-hybridized carbons (Fsp3) is 0.0588. The van der Waals surface area contributed by atoms with E-state index in [2.05, 4.69) is 15.9 Å². The molecule has 1 aliphatic heterocycles. The molecule has 0 bridgehead atoms. The number of hydrogen-bond donors (Lipinski definition) is 1. The van der Waals surface area contributed by atoms with Crippen molar-refractivity contribution in [2.24, 2.45) is 0 Å². The van der Waals surface area contributed by atoms with Crippen molar-refractivity contribution >= 4 is 44.9 Å². The summed E-state index contributed by atoms with van der Waals surface area (Å²) in [6, 6.07) is 14.0. The molecule has 23 heavy (non-hydrogen) atoms. The molecule has 1 saturated heterocycles. The molecule has 1 fully saturated rings. The number of hydrogen-bond acceptors (Lipinski definition) is 4. The number of halogens is 1. The molecule has 0 unspecified atom stereocenters. The van der Waals surface area contributed by atoms with Crippen LogP contribution in [-0.2, 0) is 11.3 Å². The first kappa shape index (κ1) is 15.8. The Morgan fingerprint density at radius 1 is 1.13 bits per heavy atom. The minimum Gasteiger partial charge on any atom is -0.508 e. The zero-order valence-electron chi connectivity index (χ0n) is 11.9. The van der Waals surface area contributed by atoms with Crippen molar-refractivity contribution in [1.29, 1.82) is 0 Å². The standard InChI is InChI=1S/C17H12BrNO3S/c18-13-5-1-4-12(7-13)10-19-16(21)15(23-17(19)22)9-11-3-2-6-14(20)8-11/h1-9,20H,10H2. The molecular weight excluding hydrogens is 378 g/mol. The van der Waals surface area contributed by atoms with E-state index in [0.717, 1.165) is 21.8 Å². The number of aromatic hydroxyl groups is 1. The molecule has 0 spiro atoms. The highest BCUT2D eigenvalue weighted by atomic mass is 79.9. The summed E-state index contributed by atoms with van der Waals surface area (Å²) in [5.74, 6) is -0.199. The summed E-state index contributed by atoms with van der Waals surface area (Å²) in [6.45, 7) is 0.238. The molecule has 2 amide bonds. The molecule has 0 saturated carbocycles. The molecule has 4 nitrogen and oxygen atoms in total. The van der Waals surface area contributed by atoms with Crippen LogP contribution >= 0.6 is 27.7 Å². The third kappa shape index (κ3) is 3.65. The Labute approximate surface area is 145 Å². The first-order chi connectivity index (χ1) is 11.0. The molecule has 1 heterocycles. The minimum absolute atomic E-state index is 0.118. The third-order valence-electron chi connectivity index (χ3n) is 3.27. The van der Waals surface area contributed by atoms with E-state index in [1.54, 1.807) is 30.3 Å². The van der Waals surface area contributed by atoms with Crippen molar-refractivity contribution in [3.63, 3.8) is 0 Å². The van der Waals surface area contributed by atoms with Gasteiger partial charge in [-0.25, -0.2) is 0 Å². The van der Waals surface area contributed by atoms with E-state index in [9.17, 15) is 14.7 Å². The summed E-state index contributed by atoms with van der Waals surface area (Å²) in [6.07, 6.45) is 1.62. The summed E-state index contributed by atoms with van der Waals surface area (Å²) < 4.78 is 0.900. The van der Waals surface area contributed by atoms with Gasteiger partial charge >= 0.3 is 0 Å². The molecule has 1 N–H and O–H groups in total. The average molecular weight is 390 g/mol. The van der Waals surface area contributed by atoms with E-state index < -0.39 is 0 Å². The number of nitrogens with zero attached hydrogens (tertiary/aromatic N) is 1.